The van der Waals surface area contributed by atoms with Crippen LogP contribution in [-0.2, 0) is 4.79 Å². The van der Waals surface area contributed by atoms with Gasteiger partial charge in [-0.15, -0.1) is 0 Å². The summed E-state index contributed by atoms with van der Waals surface area (Å²) < 4.78 is 0. The number of hydrogen-bond acceptors (Lipinski definition) is 4. The van der Waals surface area contributed by atoms with Crippen molar-refractivity contribution in [2.45, 2.75) is 38.0 Å². The number of rotatable bonds is 7. The van der Waals surface area contributed by atoms with Crippen LogP contribution in [0.1, 0.15) is 26.7 Å². The van der Waals surface area contributed by atoms with Gasteiger partial charge in [0.1, 0.15) is 0 Å². The summed E-state index contributed by atoms with van der Waals surface area (Å²) in [6.45, 7) is 3.77. The predicted molar refractivity (Wildman–Crippen MR) is 82.3 cm³/mol. The quantitative estimate of drug-likeness (QED) is 0.530. The molecule has 0 aliphatic carbocycles. The number of nitrogens with one attached hydrogen (secondary N) is 1. The number of thioether (sulfide) groups is 1. The molecule has 0 aliphatic heterocycles. The van der Waals surface area contributed by atoms with E-state index >= 15 is 0 Å². The maximum atomic E-state index is 11.7. The van der Waals surface area contributed by atoms with Crippen LogP contribution in [-0.4, -0.2) is 28.1 Å². The van der Waals surface area contributed by atoms with Crippen molar-refractivity contribution in [2.24, 2.45) is 0 Å². The number of amides is 1. The highest BCUT2D eigenvalue weighted by atomic mass is 32.2. The Balaban J connectivity index is 2.20. The Morgan fingerprint density at radius 3 is 2.58 bits per heavy atom. The molecular formula is C14H22N2O2S. The van der Waals surface area contributed by atoms with E-state index in [4.69, 9.17) is 5.73 Å². The highest BCUT2D eigenvalue weighted by Gasteiger charge is 2.09. The molecule has 106 valence electrons. The average Bonchev–Trinajstić information content (AvgIpc) is 2.37. The lowest BCUT2D eigenvalue weighted by molar-refractivity contribution is -0.116. The van der Waals surface area contributed by atoms with Crippen LogP contribution < -0.4 is 11.1 Å². The number of benzene rings is 1. The first-order valence-electron chi connectivity index (χ1n) is 6.44. The molecule has 2 unspecified atom stereocenters. The Labute approximate surface area is 118 Å². The average molecular weight is 282 g/mol. The van der Waals surface area contributed by atoms with Crippen LogP contribution in [0.5, 0.6) is 0 Å². The molecule has 0 saturated carbocycles. The minimum atomic E-state index is -0.311. The van der Waals surface area contributed by atoms with Crippen molar-refractivity contribution in [1.29, 1.82) is 0 Å². The monoisotopic (exact) mass is 282 g/mol. The molecule has 1 rings (SSSR count). The number of carbonyl (C=O) groups is 1. The zero-order valence-electron chi connectivity index (χ0n) is 11.4. The summed E-state index contributed by atoms with van der Waals surface area (Å²) in [5.41, 5.74) is 7.02. The molecule has 0 fully saturated rings. The van der Waals surface area contributed by atoms with E-state index in [1.165, 1.54) is 0 Å². The summed E-state index contributed by atoms with van der Waals surface area (Å²) >= 11 is 1.69. The van der Waals surface area contributed by atoms with Crippen LogP contribution in [0, 0.1) is 0 Å². The third-order valence-electron chi connectivity index (χ3n) is 2.80. The van der Waals surface area contributed by atoms with E-state index in [9.17, 15) is 9.90 Å². The third-order valence-corrected chi connectivity index (χ3v) is 4.25. The Bertz CT molecular complexity index is 393. The second kappa shape index (κ2) is 8.07. The summed E-state index contributed by atoms with van der Waals surface area (Å²) in [4.78, 5) is 11.7. The van der Waals surface area contributed by atoms with Crippen molar-refractivity contribution < 1.29 is 9.90 Å². The summed E-state index contributed by atoms with van der Waals surface area (Å²) in [7, 11) is 0. The van der Waals surface area contributed by atoms with E-state index < -0.39 is 0 Å². The first-order chi connectivity index (χ1) is 8.99. The summed E-state index contributed by atoms with van der Waals surface area (Å²) in [6.07, 6.45) is 0.987. The molecule has 19 heavy (non-hydrogen) atoms. The molecule has 0 spiro atoms. The van der Waals surface area contributed by atoms with Gasteiger partial charge in [-0.2, -0.15) is 11.8 Å². The van der Waals surface area contributed by atoms with Crippen LogP contribution in [0.25, 0.3) is 0 Å². The van der Waals surface area contributed by atoms with Crippen molar-refractivity contribution >= 4 is 29.0 Å². The van der Waals surface area contributed by atoms with Gasteiger partial charge in [-0.25, -0.2) is 0 Å². The number of nitrogen functional groups attached to an aromatic ring is 1. The highest BCUT2D eigenvalue weighted by Crippen LogP contribution is 2.16. The first kappa shape index (κ1) is 15.9. The lowest BCUT2D eigenvalue weighted by Crippen LogP contribution is -2.16. The van der Waals surface area contributed by atoms with Gasteiger partial charge < -0.3 is 16.2 Å². The number of nitrogens with two attached hydrogens (primary N) is 1. The van der Waals surface area contributed by atoms with Gasteiger partial charge in [0, 0.05) is 23.0 Å². The van der Waals surface area contributed by atoms with Crippen molar-refractivity contribution in [3.63, 3.8) is 0 Å². The van der Waals surface area contributed by atoms with Gasteiger partial charge >= 0.3 is 0 Å². The second-order valence-corrected chi connectivity index (χ2v) is 6.08. The highest BCUT2D eigenvalue weighted by molar-refractivity contribution is 7.99. The lowest BCUT2D eigenvalue weighted by atomic mass is 10.2. The van der Waals surface area contributed by atoms with Crippen LogP contribution >= 0.6 is 11.8 Å². The molecule has 1 aromatic rings. The van der Waals surface area contributed by atoms with Crippen molar-refractivity contribution in [1.82, 2.24) is 0 Å². The number of aliphatic hydroxyl groups excluding tert-OH is 1. The molecule has 0 aromatic heterocycles. The fraction of sp³-hybridized carbons (Fsp3) is 0.500. The fourth-order valence-corrected chi connectivity index (χ4v) is 2.39. The van der Waals surface area contributed by atoms with Gasteiger partial charge in [0.2, 0.25) is 5.91 Å². The van der Waals surface area contributed by atoms with E-state index in [2.05, 4.69) is 5.32 Å². The van der Waals surface area contributed by atoms with E-state index in [0.29, 0.717) is 12.1 Å². The van der Waals surface area contributed by atoms with Crippen LogP contribution in [0.3, 0.4) is 0 Å². The number of carbonyl (C=O) groups excluding carboxylic acids is 1. The van der Waals surface area contributed by atoms with Gasteiger partial charge in [-0.1, -0.05) is 6.92 Å². The minimum Gasteiger partial charge on any atom is -0.399 e. The van der Waals surface area contributed by atoms with E-state index in [-0.39, 0.29) is 17.3 Å². The molecular weight excluding hydrogens is 260 g/mol. The summed E-state index contributed by atoms with van der Waals surface area (Å²) in [6, 6.07) is 7.10. The molecule has 5 heteroatoms. The standard InChI is InChI=1S/C14H22N2O2S/c1-10(17)11(2)19-9-3-4-14(18)16-13-7-5-12(15)6-8-13/h5-8,10-11,17H,3-4,9,15H2,1-2H3,(H,16,18). The van der Waals surface area contributed by atoms with Gasteiger partial charge in [0.15, 0.2) is 0 Å². The van der Waals surface area contributed by atoms with E-state index in [0.717, 1.165) is 17.9 Å². The molecule has 0 radical (unpaired) electrons. The largest absolute Gasteiger partial charge is 0.399 e. The molecule has 0 aliphatic rings. The van der Waals surface area contributed by atoms with Gasteiger partial charge in [-0.05, 0) is 43.4 Å². The molecule has 0 bridgehead atoms. The normalized spacial score (nSPS) is 13.8. The molecule has 2 atom stereocenters. The Morgan fingerprint density at radius 2 is 2.00 bits per heavy atom. The van der Waals surface area contributed by atoms with Crippen LogP contribution in [0.2, 0.25) is 0 Å². The van der Waals surface area contributed by atoms with E-state index in [1.807, 2.05) is 6.92 Å². The number of anilines is 2. The molecule has 4 N–H and O–H groups in total. The molecule has 0 saturated heterocycles. The zero-order chi connectivity index (χ0) is 14.3. The van der Waals surface area contributed by atoms with Crippen molar-refractivity contribution in [3.8, 4) is 0 Å². The number of hydrogen-bond donors (Lipinski definition) is 3. The summed E-state index contributed by atoms with van der Waals surface area (Å²) in [5.74, 6) is 0.886. The zero-order valence-corrected chi connectivity index (χ0v) is 12.2. The molecule has 1 aromatic carbocycles. The molecule has 0 heterocycles. The molecule has 1 amide bonds. The molecule has 4 nitrogen and oxygen atoms in total. The lowest BCUT2D eigenvalue weighted by Gasteiger charge is -2.13. The smallest absolute Gasteiger partial charge is 0.224 e. The van der Waals surface area contributed by atoms with Gasteiger partial charge in [0.05, 0.1) is 6.10 Å². The predicted octanol–water partition coefficient (Wildman–Crippen LogP) is 2.49. The fourth-order valence-electron chi connectivity index (χ4n) is 1.43. The summed E-state index contributed by atoms with van der Waals surface area (Å²) in [5, 5.41) is 12.4. The topological polar surface area (TPSA) is 75.3 Å². The second-order valence-electron chi connectivity index (χ2n) is 4.59. The maximum Gasteiger partial charge on any atom is 0.224 e. The van der Waals surface area contributed by atoms with Crippen LogP contribution in [0.15, 0.2) is 24.3 Å². The third kappa shape index (κ3) is 6.50. The Kier molecular flexibility index (Phi) is 6.73. The van der Waals surface area contributed by atoms with Crippen LogP contribution in [0.4, 0.5) is 11.4 Å². The first-order valence-corrected chi connectivity index (χ1v) is 7.49. The van der Waals surface area contributed by atoms with Gasteiger partial charge in [0.25, 0.3) is 0 Å². The number of aliphatic hydroxyl groups is 1. The minimum absolute atomic E-state index is 0.00933. The Hall–Kier alpha value is -1.20. The van der Waals surface area contributed by atoms with Crippen molar-refractivity contribution in [3.05, 3.63) is 24.3 Å². The van der Waals surface area contributed by atoms with Gasteiger partial charge in [-0.3, -0.25) is 4.79 Å². The SMILES string of the molecule is CC(O)C(C)SCCCC(=O)Nc1ccc(N)cc1. The maximum absolute atomic E-state index is 11.7. The van der Waals surface area contributed by atoms with Crippen molar-refractivity contribution in [2.75, 3.05) is 16.8 Å². The Morgan fingerprint density at radius 1 is 1.37 bits per heavy atom. The van der Waals surface area contributed by atoms with E-state index in [1.54, 1.807) is 43.0 Å².